The van der Waals surface area contributed by atoms with Crippen molar-refractivity contribution in [3.63, 3.8) is 0 Å². The van der Waals surface area contributed by atoms with Gasteiger partial charge >= 0.3 is 5.97 Å². The normalized spacial score (nSPS) is 11.5. The van der Waals surface area contributed by atoms with Crippen LogP contribution in [0, 0.1) is 0 Å². The summed E-state index contributed by atoms with van der Waals surface area (Å²) < 4.78 is 45.9. The quantitative estimate of drug-likeness (QED) is 0.162. The minimum atomic E-state index is -4.00. The molecule has 0 radical (unpaired) electrons. The highest BCUT2D eigenvalue weighted by Crippen LogP contribution is 2.32. The smallest absolute Gasteiger partial charge is 0.374 e. The number of nitrogens with zero attached hydrogens (tertiary/aromatic N) is 1. The molecule has 2 aromatic heterocycles. The van der Waals surface area contributed by atoms with Gasteiger partial charge in [-0.1, -0.05) is 66.7 Å². The number of carbonyl (C=O) groups excluding carboxylic acids is 1. The van der Waals surface area contributed by atoms with E-state index in [1.807, 2.05) is 78.9 Å². The van der Waals surface area contributed by atoms with Gasteiger partial charge in [-0.3, -0.25) is 4.31 Å². The zero-order chi connectivity index (χ0) is 29.1. The van der Waals surface area contributed by atoms with Gasteiger partial charge in [-0.15, -0.1) is 0 Å². The minimum absolute atomic E-state index is 0.0587. The lowest BCUT2D eigenvalue weighted by atomic mass is 10.1. The van der Waals surface area contributed by atoms with Crippen molar-refractivity contribution >= 4 is 32.6 Å². The standard InChI is InChI=1S/C34H27NO6S/c1-2-39-34(36)33-22-28-21-29(16-19-32(28)41-33)35(23-24-10-12-27(13-11-24)31-9-6-20-40-31)42(37,38)30-17-14-26(15-18-30)25-7-4-3-5-8-25/h3-22H,2,23H2,1H3. The van der Waals surface area contributed by atoms with Crippen LogP contribution >= 0.6 is 0 Å². The molecule has 0 unspecified atom stereocenters. The van der Waals surface area contributed by atoms with Crippen LogP contribution in [0.1, 0.15) is 23.0 Å². The fourth-order valence-electron chi connectivity index (χ4n) is 4.76. The SMILES string of the molecule is CCOC(=O)c1cc2cc(N(Cc3ccc(-c4ccco4)cc3)S(=O)(=O)c3ccc(-c4ccccc4)cc3)ccc2o1. The van der Waals surface area contributed by atoms with Crippen molar-refractivity contribution in [2.45, 2.75) is 18.4 Å². The molecular weight excluding hydrogens is 550 g/mol. The summed E-state index contributed by atoms with van der Waals surface area (Å²) in [5.41, 5.74) is 4.48. The van der Waals surface area contributed by atoms with E-state index in [0.717, 1.165) is 28.0 Å². The predicted octanol–water partition coefficient (Wildman–Crippen LogP) is 7.93. The maximum Gasteiger partial charge on any atom is 0.374 e. The van der Waals surface area contributed by atoms with E-state index >= 15 is 0 Å². The Bertz CT molecular complexity index is 1930. The fourth-order valence-corrected chi connectivity index (χ4v) is 6.21. The molecular formula is C34H27NO6S. The number of hydrogen-bond donors (Lipinski definition) is 0. The van der Waals surface area contributed by atoms with Crippen LogP contribution in [0.15, 0.2) is 135 Å². The van der Waals surface area contributed by atoms with E-state index in [4.69, 9.17) is 13.6 Å². The summed E-state index contributed by atoms with van der Waals surface area (Å²) >= 11 is 0. The Morgan fingerprint density at radius 1 is 0.786 bits per heavy atom. The van der Waals surface area contributed by atoms with Crippen molar-refractivity contribution in [3.8, 4) is 22.5 Å². The Balaban J connectivity index is 1.38. The first-order valence-electron chi connectivity index (χ1n) is 13.4. The van der Waals surface area contributed by atoms with Gasteiger partial charge in [-0.2, -0.15) is 0 Å². The summed E-state index contributed by atoms with van der Waals surface area (Å²) in [6, 6.07) is 34.5. The van der Waals surface area contributed by atoms with E-state index in [0.29, 0.717) is 16.7 Å². The lowest BCUT2D eigenvalue weighted by Crippen LogP contribution is -2.30. The Kier molecular flexibility index (Phi) is 7.37. The maximum absolute atomic E-state index is 14.2. The highest BCUT2D eigenvalue weighted by molar-refractivity contribution is 7.92. The third-order valence-electron chi connectivity index (χ3n) is 6.90. The van der Waals surface area contributed by atoms with Crippen LogP contribution in [0.4, 0.5) is 5.69 Å². The number of anilines is 1. The monoisotopic (exact) mass is 577 g/mol. The lowest BCUT2D eigenvalue weighted by molar-refractivity contribution is 0.0492. The molecule has 7 nitrogen and oxygen atoms in total. The molecule has 42 heavy (non-hydrogen) atoms. The largest absolute Gasteiger partial charge is 0.464 e. The molecule has 0 spiro atoms. The molecule has 0 amide bonds. The molecule has 4 aromatic carbocycles. The van der Waals surface area contributed by atoms with Gasteiger partial charge in [0, 0.05) is 10.9 Å². The van der Waals surface area contributed by atoms with Gasteiger partial charge in [-0.05, 0) is 72.1 Å². The maximum atomic E-state index is 14.2. The van der Waals surface area contributed by atoms with Crippen LogP contribution < -0.4 is 4.31 Å². The molecule has 2 heterocycles. The highest BCUT2D eigenvalue weighted by atomic mass is 32.2. The van der Waals surface area contributed by atoms with E-state index in [9.17, 15) is 13.2 Å². The lowest BCUT2D eigenvalue weighted by Gasteiger charge is -2.25. The zero-order valence-corrected chi connectivity index (χ0v) is 23.6. The summed E-state index contributed by atoms with van der Waals surface area (Å²) in [6.45, 7) is 2.01. The van der Waals surface area contributed by atoms with Crippen LogP contribution in [0.3, 0.4) is 0 Å². The van der Waals surface area contributed by atoms with Gasteiger partial charge in [0.2, 0.25) is 5.76 Å². The molecule has 0 aliphatic carbocycles. The number of ether oxygens (including phenoxy) is 1. The molecule has 6 rings (SSSR count). The summed E-state index contributed by atoms with van der Waals surface area (Å²) in [5.74, 6) is 0.214. The van der Waals surface area contributed by atoms with Gasteiger partial charge < -0.3 is 13.6 Å². The van der Waals surface area contributed by atoms with Crippen molar-refractivity contribution in [3.05, 3.63) is 133 Å². The van der Waals surface area contributed by atoms with Crippen molar-refractivity contribution in [2.75, 3.05) is 10.9 Å². The van der Waals surface area contributed by atoms with Crippen molar-refractivity contribution < 1.29 is 26.8 Å². The number of esters is 1. The second-order valence-corrected chi connectivity index (χ2v) is 11.5. The molecule has 0 aliphatic rings. The van der Waals surface area contributed by atoms with Crippen LogP contribution in [0.25, 0.3) is 33.4 Å². The van der Waals surface area contributed by atoms with Crippen LogP contribution in [0.2, 0.25) is 0 Å². The van der Waals surface area contributed by atoms with Gasteiger partial charge in [0.1, 0.15) is 11.3 Å². The van der Waals surface area contributed by atoms with E-state index in [2.05, 4.69) is 0 Å². The van der Waals surface area contributed by atoms with Gasteiger partial charge in [0.25, 0.3) is 10.0 Å². The summed E-state index contributed by atoms with van der Waals surface area (Å²) in [6.07, 6.45) is 1.61. The molecule has 0 saturated heterocycles. The second kappa shape index (κ2) is 11.4. The summed E-state index contributed by atoms with van der Waals surface area (Å²) in [5, 5.41) is 0.586. The Morgan fingerprint density at radius 3 is 2.19 bits per heavy atom. The third-order valence-corrected chi connectivity index (χ3v) is 8.69. The number of sulfonamides is 1. The van der Waals surface area contributed by atoms with E-state index in [1.165, 1.54) is 4.31 Å². The number of rotatable bonds is 9. The summed E-state index contributed by atoms with van der Waals surface area (Å²) in [7, 11) is -4.00. The first-order chi connectivity index (χ1) is 20.4. The van der Waals surface area contributed by atoms with Crippen LogP contribution in [-0.4, -0.2) is 21.0 Å². The van der Waals surface area contributed by atoms with Crippen LogP contribution in [-0.2, 0) is 21.3 Å². The molecule has 6 aromatic rings. The molecule has 0 saturated carbocycles. The Morgan fingerprint density at radius 2 is 1.50 bits per heavy atom. The molecule has 8 heteroatoms. The fraction of sp³-hybridized carbons (Fsp3) is 0.0882. The topological polar surface area (TPSA) is 90.0 Å². The summed E-state index contributed by atoms with van der Waals surface area (Å²) in [4.78, 5) is 12.4. The van der Waals surface area contributed by atoms with Crippen molar-refractivity contribution in [2.24, 2.45) is 0 Å². The number of carbonyl (C=O) groups is 1. The van der Waals surface area contributed by atoms with Gasteiger partial charge in [-0.25, -0.2) is 13.2 Å². The van der Waals surface area contributed by atoms with Gasteiger partial charge in [0.05, 0.1) is 30.0 Å². The Hall–Kier alpha value is -5.08. The molecule has 0 N–H and O–H groups in total. The van der Waals surface area contributed by atoms with Crippen molar-refractivity contribution in [1.29, 1.82) is 0 Å². The third kappa shape index (κ3) is 5.44. The average Bonchev–Trinajstić information content (AvgIpc) is 3.71. The molecule has 0 aliphatic heterocycles. The minimum Gasteiger partial charge on any atom is -0.464 e. The first kappa shape index (κ1) is 27.1. The van der Waals surface area contributed by atoms with Crippen LogP contribution in [0.5, 0.6) is 0 Å². The van der Waals surface area contributed by atoms with Crippen molar-refractivity contribution in [1.82, 2.24) is 0 Å². The Labute approximate surface area is 243 Å². The van der Waals surface area contributed by atoms with E-state index < -0.39 is 16.0 Å². The number of furan rings is 2. The zero-order valence-electron chi connectivity index (χ0n) is 22.8. The predicted molar refractivity (Wildman–Crippen MR) is 162 cm³/mol. The molecule has 0 fully saturated rings. The second-order valence-electron chi connectivity index (χ2n) is 9.63. The number of fused-ring (bicyclic) bond motifs is 1. The first-order valence-corrected chi connectivity index (χ1v) is 14.9. The number of benzene rings is 4. The van der Waals surface area contributed by atoms with E-state index in [-0.39, 0.29) is 23.8 Å². The molecule has 0 bridgehead atoms. The molecule has 0 atom stereocenters. The highest BCUT2D eigenvalue weighted by Gasteiger charge is 2.26. The molecule has 210 valence electrons. The van der Waals surface area contributed by atoms with E-state index in [1.54, 1.807) is 49.6 Å². The van der Waals surface area contributed by atoms with Gasteiger partial charge in [0.15, 0.2) is 0 Å². The average molecular weight is 578 g/mol. The number of hydrogen-bond acceptors (Lipinski definition) is 6.